The summed E-state index contributed by atoms with van der Waals surface area (Å²) in [5, 5.41) is 16.3. The number of rotatable bonds is 11. The van der Waals surface area contributed by atoms with Crippen molar-refractivity contribution in [1.29, 1.82) is 0 Å². The molecular formula is C19H23N5O7S2. The molecule has 2 unspecified atom stereocenters. The molecule has 2 aliphatic rings. The number of thioether (sulfide) groups is 1. The Morgan fingerprint density at radius 2 is 2.15 bits per heavy atom. The van der Waals surface area contributed by atoms with Gasteiger partial charge >= 0.3 is 11.9 Å². The molecule has 2 amide bonds. The van der Waals surface area contributed by atoms with Crippen molar-refractivity contribution in [3.63, 3.8) is 0 Å². The van der Waals surface area contributed by atoms with Crippen molar-refractivity contribution >= 4 is 57.7 Å². The summed E-state index contributed by atoms with van der Waals surface area (Å²) < 4.78 is 5.24. The Balaban J connectivity index is 1.55. The zero-order valence-corrected chi connectivity index (χ0v) is 19.3. The van der Waals surface area contributed by atoms with Gasteiger partial charge in [-0.25, -0.2) is 9.78 Å². The molecule has 1 aromatic rings. The van der Waals surface area contributed by atoms with E-state index in [0.29, 0.717) is 25.0 Å². The zero-order valence-electron chi connectivity index (χ0n) is 17.7. The van der Waals surface area contributed by atoms with Gasteiger partial charge in [-0.2, -0.15) is 0 Å². The number of unbranched alkanes of at least 4 members (excludes halogenated alkanes) is 2. The molecule has 14 heteroatoms. The maximum absolute atomic E-state index is 12.7. The topological polar surface area (TPSA) is 174 Å². The molecule has 3 heterocycles. The second kappa shape index (κ2) is 11.1. The predicted molar refractivity (Wildman–Crippen MR) is 120 cm³/mol. The Morgan fingerprint density at radius 3 is 2.82 bits per heavy atom. The van der Waals surface area contributed by atoms with Gasteiger partial charge in [-0.3, -0.25) is 19.3 Å². The van der Waals surface area contributed by atoms with E-state index >= 15 is 0 Å². The van der Waals surface area contributed by atoms with Crippen LogP contribution < -0.4 is 11.1 Å². The first-order valence-electron chi connectivity index (χ1n) is 10.0. The number of carboxylic acids is 1. The number of aliphatic carboxylic acids is 1. The Kier molecular flexibility index (Phi) is 8.27. The minimum Gasteiger partial charge on any atom is -0.481 e. The normalized spacial score (nSPS) is 19.8. The molecule has 0 bridgehead atoms. The van der Waals surface area contributed by atoms with Crippen LogP contribution in [0.25, 0.3) is 0 Å². The largest absolute Gasteiger partial charge is 0.481 e. The van der Waals surface area contributed by atoms with E-state index in [2.05, 4.69) is 15.5 Å². The minimum atomic E-state index is -0.864. The average molecular weight is 498 g/mol. The number of anilines is 1. The summed E-state index contributed by atoms with van der Waals surface area (Å²) in [7, 11) is 1.28. The van der Waals surface area contributed by atoms with Gasteiger partial charge in [0.05, 0.1) is 6.61 Å². The van der Waals surface area contributed by atoms with Crippen molar-refractivity contribution in [3.8, 4) is 0 Å². The van der Waals surface area contributed by atoms with Crippen LogP contribution in [0.15, 0.2) is 22.3 Å². The first-order valence-corrected chi connectivity index (χ1v) is 11.9. The summed E-state index contributed by atoms with van der Waals surface area (Å²) in [5.41, 5.74) is 5.86. The Morgan fingerprint density at radius 1 is 1.36 bits per heavy atom. The lowest BCUT2D eigenvalue weighted by molar-refractivity contribution is -0.152. The average Bonchev–Trinajstić information content (AvgIpc) is 3.22. The van der Waals surface area contributed by atoms with Gasteiger partial charge in [0.15, 0.2) is 10.8 Å². The van der Waals surface area contributed by atoms with Crippen molar-refractivity contribution in [2.45, 2.75) is 37.1 Å². The number of aromatic nitrogens is 1. The number of fused-ring (bicyclic) bond motifs is 1. The SMILES string of the molecule is CO/N=C(/C(=O)NC1C(=O)N2C(C(=O)OCCCCCC(=O)O)=CCSC12)c1csc(N)n1. The number of esters is 1. The summed E-state index contributed by atoms with van der Waals surface area (Å²) in [6.07, 6.45) is 3.33. The fraction of sp³-hybridized carbons (Fsp3) is 0.474. The maximum Gasteiger partial charge on any atom is 0.354 e. The van der Waals surface area contributed by atoms with Crippen LogP contribution in [0.3, 0.4) is 0 Å². The van der Waals surface area contributed by atoms with E-state index in [-0.39, 0.29) is 35.3 Å². The number of ether oxygens (including phenoxy) is 1. The smallest absolute Gasteiger partial charge is 0.354 e. The number of nitrogen functional groups attached to an aromatic ring is 1. The van der Waals surface area contributed by atoms with Crippen molar-refractivity contribution in [1.82, 2.24) is 15.2 Å². The van der Waals surface area contributed by atoms with Crippen molar-refractivity contribution < 1.29 is 33.9 Å². The molecule has 0 spiro atoms. The highest BCUT2D eigenvalue weighted by atomic mass is 32.2. The van der Waals surface area contributed by atoms with E-state index < -0.39 is 35.2 Å². The van der Waals surface area contributed by atoms with Crippen LogP contribution in [-0.2, 0) is 28.8 Å². The highest BCUT2D eigenvalue weighted by Gasteiger charge is 2.53. The molecule has 0 saturated carbocycles. The minimum absolute atomic E-state index is 0.0695. The molecule has 178 valence electrons. The first kappa shape index (κ1) is 24.5. The number of nitrogens with zero attached hydrogens (tertiary/aromatic N) is 3. The number of nitrogens with two attached hydrogens (primary N) is 1. The molecule has 2 atom stereocenters. The van der Waals surface area contributed by atoms with Gasteiger partial charge in [-0.15, -0.1) is 23.1 Å². The van der Waals surface area contributed by atoms with Crippen LogP contribution in [0, 0.1) is 0 Å². The number of nitrogens with one attached hydrogen (secondary N) is 1. The number of carbonyl (C=O) groups is 4. The van der Waals surface area contributed by atoms with Gasteiger partial charge in [0.2, 0.25) is 0 Å². The van der Waals surface area contributed by atoms with E-state index in [9.17, 15) is 19.2 Å². The number of oxime groups is 1. The second-order valence-corrected chi connectivity index (χ2v) is 9.05. The number of hydrogen-bond acceptors (Lipinski definition) is 11. The summed E-state index contributed by atoms with van der Waals surface area (Å²) in [6.45, 7) is 0.128. The van der Waals surface area contributed by atoms with Crippen molar-refractivity contribution in [2.24, 2.45) is 5.16 Å². The van der Waals surface area contributed by atoms with Crippen LogP contribution in [-0.4, -0.2) is 75.3 Å². The monoisotopic (exact) mass is 497 g/mol. The molecule has 0 aliphatic carbocycles. The quantitative estimate of drug-likeness (QED) is 0.129. The van der Waals surface area contributed by atoms with Gasteiger partial charge in [0.1, 0.15) is 29.9 Å². The zero-order chi connectivity index (χ0) is 24.0. The third-order valence-electron chi connectivity index (χ3n) is 4.77. The third kappa shape index (κ3) is 5.82. The predicted octanol–water partition coefficient (Wildman–Crippen LogP) is 0.548. The number of carbonyl (C=O) groups excluding carboxylic acids is 3. The fourth-order valence-electron chi connectivity index (χ4n) is 3.23. The Labute approximate surface area is 197 Å². The van der Waals surface area contributed by atoms with Gasteiger partial charge in [0, 0.05) is 17.6 Å². The number of hydrogen-bond donors (Lipinski definition) is 3. The van der Waals surface area contributed by atoms with Crippen molar-refractivity contribution in [3.05, 3.63) is 22.8 Å². The first-order chi connectivity index (χ1) is 15.8. The number of amides is 2. The second-order valence-electron chi connectivity index (χ2n) is 7.01. The lowest BCUT2D eigenvalue weighted by atomic mass is 10.0. The van der Waals surface area contributed by atoms with E-state index in [0.717, 1.165) is 11.3 Å². The van der Waals surface area contributed by atoms with Gasteiger partial charge < -0.3 is 25.7 Å². The van der Waals surface area contributed by atoms with E-state index in [4.69, 9.17) is 20.4 Å². The van der Waals surface area contributed by atoms with Crippen molar-refractivity contribution in [2.75, 3.05) is 25.2 Å². The molecule has 1 saturated heterocycles. The standard InChI is InChI=1S/C19H23N5O7S2/c1-30-23-13(10-9-33-19(20)21-10)15(27)22-14-16(28)24-11(6-8-32-17(14)24)18(29)31-7-4-2-3-5-12(25)26/h6,9,14,17H,2-5,7-8H2,1H3,(H2,20,21)(H,22,27)(H,25,26)/b23-13+. The molecule has 1 fully saturated rings. The van der Waals surface area contributed by atoms with Crippen LogP contribution in [0.5, 0.6) is 0 Å². The molecule has 33 heavy (non-hydrogen) atoms. The van der Waals surface area contributed by atoms with Crippen LogP contribution in [0.1, 0.15) is 31.4 Å². The summed E-state index contributed by atoms with van der Waals surface area (Å²) in [4.78, 5) is 58.5. The van der Waals surface area contributed by atoms with Gasteiger partial charge in [-0.1, -0.05) is 5.16 Å². The molecule has 3 rings (SSSR count). The molecule has 12 nitrogen and oxygen atoms in total. The number of thiazole rings is 1. The molecule has 1 aromatic heterocycles. The molecule has 0 radical (unpaired) electrons. The fourth-order valence-corrected chi connectivity index (χ4v) is 4.97. The molecule has 4 N–H and O–H groups in total. The summed E-state index contributed by atoms with van der Waals surface area (Å²) >= 11 is 2.53. The molecular weight excluding hydrogens is 474 g/mol. The van der Waals surface area contributed by atoms with E-state index in [1.807, 2.05) is 0 Å². The summed E-state index contributed by atoms with van der Waals surface area (Å²) in [6, 6.07) is -0.854. The van der Waals surface area contributed by atoms with Crippen LogP contribution in [0.4, 0.5) is 5.13 Å². The highest BCUT2D eigenvalue weighted by Crippen LogP contribution is 2.37. The Hall–Kier alpha value is -3.13. The van der Waals surface area contributed by atoms with E-state index in [1.165, 1.54) is 23.8 Å². The highest BCUT2D eigenvalue weighted by molar-refractivity contribution is 8.00. The van der Waals surface area contributed by atoms with Gasteiger partial charge in [-0.05, 0) is 25.3 Å². The maximum atomic E-state index is 12.7. The summed E-state index contributed by atoms with van der Waals surface area (Å²) in [5.74, 6) is -2.13. The van der Waals surface area contributed by atoms with E-state index in [1.54, 1.807) is 11.5 Å². The number of β-lactam (4-membered cyclic amide) rings is 1. The Bertz CT molecular complexity index is 993. The molecule has 0 aromatic carbocycles. The number of carboxylic acid groups (broad SMARTS) is 1. The molecule has 2 aliphatic heterocycles. The lowest BCUT2D eigenvalue weighted by Gasteiger charge is -2.48. The van der Waals surface area contributed by atoms with Gasteiger partial charge in [0.25, 0.3) is 11.8 Å². The van der Waals surface area contributed by atoms with Crippen LogP contribution in [0.2, 0.25) is 0 Å². The van der Waals surface area contributed by atoms with Crippen LogP contribution >= 0.6 is 23.1 Å². The third-order valence-corrected chi connectivity index (χ3v) is 6.63. The lowest BCUT2D eigenvalue weighted by Crippen LogP contribution is -2.70.